The number of carbonyl (C=O) groups is 4. The van der Waals surface area contributed by atoms with E-state index in [1.165, 1.54) is 0 Å². The molecule has 1 spiro atoms. The number of hydrogen-bond donors (Lipinski definition) is 3. The van der Waals surface area contributed by atoms with Crippen LogP contribution in [0.2, 0.25) is 0 Å². The molecule has 1 heterocycles. The number of carbonyl (C=O) groups excluding carboxylic acids is 4. The van der Waals surface area contributed by atoms with Gasteiger partial charge < -0.3 is 15.4 Å². The second-order valence-corrected chi connectivity index (χ2v) is 7.98. The Bertz CT molecular complexity index is 785. The molecule has 1 aliphatic heterocycles. The van der Waals surface area contributed by atoms with Crippen molar-refractivity contribution in [2.24, 2.45) is 5.92 Å². The fourth-order valence-electron chi connectivity index (χ4n) is 3.96. The van der Waals surface area contributed by atoms with Gasteiger partial charge in [0.1, 0.15) is 5.54 Å². The summed E-state index contributed by atoms with van der Waals surface area (Å²) in [6.07, 6.45) is 1.61. The summed E-state index contributed by atoms with van der Waals surface area (Å²) in [5, 5.41) is 7.95. The molecular formula is C21H27N3O5. The maximum atomic E-state index is 12.9. The van der Waals surface area contributed by atoms with Crippen LogP contribution < -0.4 is 16.0 Å². The molecule has 0 aromatic heterocycles. The molecule has 0 bridgehead atoms. The van der Waals surface area contributed by atoms with Crippen molar-refractivity contribution in [1.29, 1.82) is 0 Å². The lowest BCUT2D eigenvalue weighted by Crippen LogP contribution is -2.51. The monoisotopic (exact) mass is 401 g/mol. The van der Waals surface area contributed by atoms with Crippen molar-refractivity contribution < 1.29 is 23.9 Å². The highest BCUT2D eigenvalue weighted by atomic mass is 16.5. The summed E-state index contributed by atoms with van der Waals surface area (Å²) in [4.78, 5) is 48.6. The standard InChI is InChI=1S/C21H27N3O5/c1-13(2)29-17(25)12-16(14-6-4-3-5-7-14)22-18(26)15-8-10-21(11-9-15)19(27)23-20(28)24-21/h3-7,13,15-16H,8-12H2,1-2H3,(H,22,26)(H2,23,24,27,28). The Morgan fingerprint density at radius 3 is 2.38 bits per heavy atom. The molecule has 8 nitrogen and oxygen atoms in total. The number of esters is 1. The van der Waals surface area contributed by atoms with E-state index in [0.29, 0.717) is 25.7 Å². The van der Waals surface area contributed by atoms with E-state index in [1.54, 1.807) is 13.8 Å². The molecule has 29 heavy (non-hydrogen) atoms. The highest BCUT2D eigenvalue weighted by molar-refractivity contribution is 6.07. The maximum absolute atomic E-state index is 12.9. The first-order valence-corrected chi connectivity index (χ1v) is 9.97. The van der Waals surface area contributed by atoms with Crippen molar-refractivity contribution in [1.82, 2.24) is 16.0 Å². The van der Waals surface area contributed by atoms with Crippen molar-refractivity contribution in [2.75, 3.05) is 0 Å². The lowest BCUT2D eigenvalue weighted by atomic mass is 9.76. The molecule has 0 radical (unpaired) electrons. The quantitative estimate of drug-likeness (QED) is 0.498. The summed E-state index contributed by atoms with van der Waals surface area (Å²) in [5.74, 6) is -1.13. The molecule has 1 atom stereocenters. The Morgan fingerprint density at radius 1 is 1.17 bits per heavy atom. The predicted molar refractivity (Wildman–Crippen MR) is 105 cm³/mol. The topological polar surface area (TPSA) is 114 Å². The summed E-state index contributed by atoms with van der Waals surface area (Å²) in [7, 11) is 0. The van der Waals surface area contributed by atoms with Crippen LogP contribution in [0, 0.1) is 5.92 Å². The molecule has 2 aliphatic rings. The number of benzene rings is 1. The van der Waals surface area contributed by atoms with Crippen molar-refractivity contribution in [3.05, 3.63) is 35.9 Å². The van der Waals surface area contributed by atoms with Crippen LogP contribution in [0.3, 0.4) is 0 Å². The molecule has 4 amide bonds. The average molecular weight is 401 g/mol. The molecule has 156 valence electrons. The normalized spacial score (nSPS) is 24.7. The van der Waals surface area contributed by atoms with E-state index < -0.39 is 17.6 Å². The second kappa shape index (κ2) is 8.63. The Labute approximate surface area is 169 Å². The van der Waals surface area contributed by atoms with Gasteiger partial charge >= 0.3 is 12.0 Å². The molecule has 1 saturated heterocycles. The van der Waals surface area contributed by atoms with Gasteiger partial charge in [0, 0.05) is 5.92 Å². The van der Waals surface area contributed by atoms with E-state index in [9.17, 15) is 19.2 Å². The Kier molecular flexibility index (Phi) is 6.20. The molecule has 3 N–H and O–H groups in total. The van der Waals surface area contributed by atoms with Crippen LogP contribution in [-0.2, 0) is 19.1 Å². The lowest BCUT2D eigenvalue weighted by Gasteiger charge is -2.34. The Morgan fingerprint density at radius 2 is 1.83 bits per heavy atom. The van der Waals surface area contributed by atoms with Crippen molar-refractivity contribution in [2.45, 2.75) is 63.6 Å². The number of imide groups is 1. The molecule has 1 aromatic rings. The summed E-state index contributed by atoms with van der Waals surface area (Å²) >= 11 is 0. The van der Waals surface area contributed by atoms with Crippen LogP contribution in [-0.4, -0.2) is 35.5 Å². The molecule has 1 aliphatic carbocycles. The molecule has 1 unspecified atom stereocenters. The third-order valence-corrected chi connectivity index (χ3v) is 5.48. The van der Waals surface area contributed by atoms with Gasteiger partial charge in [-0.1, -0.05) is 30.3 Å². The molecular weight excluding hydrogens is 374 g/mol. The molecule has 1 saturated carbocycles. The SMILES string of the molecule is CC(C)OC(=O)CC(NC(=O)C1CCC2(CC1)NC(=O)NC2=O)c1ccccc1. The zero-order valence-corrected chi connectivity index (χ0v) is 16.7. The minimum absolute atomic E-state index is 0.0447. The Hall–Kier alpha value is -2.90. The molecule has 8 heteroatoms. The number of nitrogens with one attached hydrogen (secondary N) is 3. The van der Waals surface area contributed by atoms with Crippen LogP contribution in [0.25, 0.3) is 0 Å². The van der Waals surface area contributed by atoms with E-state index in [0.717, 1.165) is 5.56 Å². The van der Waals surface area contributed by atoms with Gasteiger partial charge in [0.05, 0.1) is 18.6 Å². The molecule has 2 fully saturated rings. The van der Waals surface area contributed by atoms with Gasteiger partial charge in [-0.15, -0.1) is 0 Å². The van der Waals surface area contributed by atoms with Gasteiger partial charge in [-0.05, 0) is 45.1 Å². The van der Waals surface area contributed by atoms with Crippen LogP contribution in [0.15, 0.2) is 30.3 Å². The highest BCUT2D eigenvalue weighted by Gasteiger charge is 2.49. The maximum Gasteiger partial charge on any atom is 0.322 e. The van der Waals surface area contributed by atoms with Gasteiger partial charge in [0.15, 0.2) is 0 Å². The number of ether oxygens (including phenoxy) is 1. The highest BCUT2D eigenvalue weighted by Crippen LogP contribution is 2.34. The summed E-state index contributed by atoms with van der Waals surface area (Å²) in [6, 6.07) is 8.34. The van der Waals surface area contributed by atoms with E-state index in [2.05, 4.69) is 16.0 Å². The van der Waals surface area contributed by atoms with Gasteiger partial charge in [-0.2, -0.15) is 0 Å². The zero-order valence-electron chi connectivity index (χ0n) is 16.7. The third kappa shape index (κ3) is 4.93. The first kappa shape index (κ1) is 20.8. The van der Waals surface area contributed by atoms with Crippen LogP contribution in [0.1, 0.15) is 57.6 Å². The lowest BCUT2D eigenvalue weighted by molar-refractivity contribution is -0.148. The summed E-state index contributed by atoms with van der Waals surface area (Å²) in [6.45, 7) is 3.56. The van der Waals surface area contributed by atoms with E-state index in [4.69, 9.17) is 4.74 Å². The van der Waals surface area contributed by atoms with Crippen molar-refractivity contribution >= 4 is 23.8 Å². The van der Waals surface area contributed by atoms with Crippen molar-refractivity contribution in [3.8, 4) is 0 Å². The number of urea groups is 1. The second-order valence-electron chi connectivity index (χ2n) is 7.98. The molecule has 1 aromatic carbocycles. The smallest absolute Gasteiger partial charge is 0.322 e. The number of hydrogen-bond acceptors (Lipinski definition) is 5. The first-order valence-electron chi connectivity index (χ1n) is 9.97. The summed E-state index contributed by atoms with van der Waals surface area (Å²) < 4.78 is 5.24. The van der Waals surface area contributed by atoms with E-state index in [-0.39, 0.29) is 36.2 Å². The fourth-order valence-corrected chi connectivity index (χ4v) is 3.96. The van der Waals surface area contributed by atoms with Gasteiger partial charge in [-0.3, -0.25) is 19.7 Å². The largest absolute Gasteiger partial charge is 0.463 e. The van der Waals surface area contributed by atoms with E-state index >= 15 is 0 Å². The first-order chi connectivity index (χ1) is 13.8. The number of rotatable bonds is 6. The van der Waals surface area contributed by atoms with E-state index in [1.807, 2.05) is 30.3 Å². The average Bonchev–Trinajstić information content (AvgIpc) is 2.94. The zero-order chi connectivity index (χ0) is 21.0. The third-order valence-electron chi connectivity index (χ3n) is 5.48. The van der Waals surface area contributed by atoms with Gasteiger partial charge in [0.2, 0.25) is 5.91 Å². The minimum atomic E-state index is -0.895. The van der Waals surface area contributed by atoms with Crippen molar-refractivity contribution in [3.63, 3.8) is 0 Å². The minimum Gasteiger partial charge on any atom is -0.463 e. The molecule has 3 rings (SSSR count). The predicted octanol–water partition coefficient (Wildman–Crippen LogP) is 1.95. The number of amides is 4. The fraction of sp³-hybridized carbons (Fsp3) is 0.524. The summed E-state index contributed by atoms with van der Waals surface area (Å²) in [5.41, 5.74) is -0.0652. The van der Waals surface area contributed by atoms with Gasteiger partial charge in [-0.25, -0.2) is 4.79 Å². The van der Waals surface area contributed by atoms with Crippen LogP contribution in [0.4, 0.5) is 4.79 Å². The van der Waals surface area contributed by atoms with Crippen LogP contribution in [0.5, 0.6) is 0 Å². The van der Waals surface area contributed by atoms with Gasteiger partial charge in [0.25, 0.3) is 5.91 Å². The van der Waals surface area contributed by atoms with Crippen LogP contribution >= 0.6 is 0 Å². The Balaban J connectivity index is 1.63.